The number of nitrogen functional groups attached to an aromatic ring is 1. The quantitative estimate of drug-likeness (QED) is 0.633. The maximum atomic E-state index is 7.71. The van der Waals surface area contributed by atoms with Gasteiger partial charge < -0.3 is 15.4 Å². The van der Waals surface area contributed by atoms with Gasteiger partial charge in [-0.25, -0.2) is 0 Å². The number of ether oxygens (including phenoxy) is 1. The fraction of sp³-hybridized carbons (Fsp3) is 0.500. The van der Waals surface area contributed by atoms with Gasteiger partial charge in [0.1, 0.15) is 5.84 Å². The first-order valence-corrected chi connectivity index (χ1v) is 6.36. The number of nitrogens with one attached hydrogen (secondary N) is 1. The van der Waals surface area contributed by atoms with Gasteiger partial charge in [-0.3, -0.25) is 5.41 Å². The number of para-hydroxylation sites is 1. The molecular weight excluding hydrogens is 226 g/mol. The lowest BCUT2D eigenvalue weighted by Gasteiger charge is -2.35. The highest BCUT2D eigenvalue weighted by Crippen LogP contribution is 2.28. The van der Waals surface area contributed by atoms with Gasteiger partial charge in [0.2, 0.25) is 0 Å². The first kappa shape index (κ1) is 12.9. The summed E-state index contributed by atoms with van der Waals surface area (Å²) in [4.78, 5) is 2.26. The molecule has 0 aliphatic carbocycles. The van der Waals surface area contributed by atoms with Gasteiger partial charge in [-0.05, 0) is 31.4 Å². The van der Waals surface area contributed by atoms with Crippen molar-refractivity contribution in [3.63, 3.8) is 0 Å². The molecule has 1 aliphatic rings. The number of nitrogens with two attached hydrogens (primary N) is 1. The minimum Gasteiger partial charge on any atom is -0.384 e. The first-order chi connectivity index (χ1) is 8.61. The van der Waals surface area contributed by atoms with Gasteiger partial charge in [0.15, 0.2) is 0 Å². The summed E-state index contributed by atoms with van der Waals surface area (Å²) in [5.41, 5.74) is 8.75. The van der Waals surface area contributed by atoms with E-state index in [2.05, 4.69) is 24.9 Å². The van der Waals surface area contributed by atoms with Crippen molar-refractivity contribution in [2.24, 2.45) is 5.73 Å². The summed E-state index contributed by atoms with van der Waals surface area (Å²) in [6.45, 7) is 3.70. The molecule has 4 heteroatoms. The van der Waals surface area contributed by atoms with Crippen molar-refractivity contribution in [2.75, 3.05) is 25.2 Å². The molecule has 0 saturated carbocycles. The average Bonchev–Trinajstić information content (AvgIpc) is 2.38. The Balaban J connectivity index is 2.33. The fourth-order valence-corrected chi connectivity index (χ4v) is 2.60. The zero-order chi connectivity index (χ0) is 13.1. The van der Waals surface area contributed by atoms with Crippen molar-refractivity contribution in [1.82, 2.24) is 0 Å². The van der Waals surface area contributed by atoms with Gasteiger partial charge in [-0.2, -0.15) is 0 Å². The Morgan fingerprint density at radius 3 is 2.67 bits per heavy atom. The van der Waals surface area contributed by atoms with Gasteiger partial charge in [-0.1, -0.05) is 12.1 Å². The minimum absolute atomic E-state index is 0.132. The lowest BCUT2D eigenvalue weighted by Crippen LogP contribution is -2.38. The summed E-state index contributed by atoms with van der Waals surface area (Å²) in [6, 6.07) is 6.41. The second-order valence-corrected chi connectivity index (χ2v) is 4.84. The van der Waals surface area contributed by atoms with Crippen LogP contribution < -0.4 is 10.6 Å². The van der Waals surface area contributed by atoms with E-state index in [-0.39, 0.29) is 5.84 Å². The Kier molecular flexibility index (Phi) is 3.87. The molecule has 0 bridgehead atoms. The third-order valence-corrected chi connectivity index (χ3v) is 3.62. The molecule has 3 N–H and O–H groups in total. The molecule has 98 valence electrons. The van der Waals surface area contributed by atoms with Crippen LogP contribution in [0.3, 0.4) is 0 Å². The van der Waals surface area contributed by atoms with Crippen molar-refractivity contribution in [3.05, 3.63) is 29.3 Å². The largest absolute Gasteiger partial charge is 0.384 e. The molecule has 2 rings (SSSR count). The van der Waals surface area contributed by atoms with Crippen LogP contribution in [-0.2, 0) is 4.74 Å². The van der Waals surface area contributed by atoms with Crippen molar-refractivity contribution in [1.29, 1.82) is 5.41 Å². The highest BCUT2D eigenvalue weighted by atomic mass is 16.5. The molecule has 1 aromatic rings. The van der Waals surface area contributed by atoms with Crippen LogP contribution in [0.4, 0.5) is 5.69 Å². The fourth-order valence-electron chi connectivity index (χ4n) is 2.60. The number of rotatable bonds is 3. The molecule has 18 heavy (non-hydrogen) atoms. The molecule has 0 amide bonds. The zero-order valence-corrected chi connectivity index (χ0v) is 11.1. The lowest BCUT2D eigenvalue weighted by molar-refractivity contribution is 0.0854. The highest BCUT2D eigenvalue weighted by Gasteiger charge is 2.22. The van der Waals surface area contributed by atoms with Crippen molar-refractivity contribution in [2.45, 2.75) is 25.8 Å². The maximum absolute atomic E-state index is 7.71. The second kappa shape index (κ2) is 5.40. The van der Waals surface area contributed by atoms with Crippen molar-refractivity contribution in [3.8, 4) is 0 Å². The van der Waals surface area contributed by atoms with Crippen LogP contribution in [0.15, 0.2) is 18.2 Å². The third-order valence-electron chi connectivity index (χ3n) is 3.62. The van der Waals surface area contributed by atoms with E-state index in [1.807, 2.05) is 12.1 Å². The molecular formula is C14H21N3O. The molecule has 0 spiro atoms. The van der Waals surface area contributed by atoms with E-state index in [0.717, 1.165) is 42.9 Å². The van der Waals surface area contributed by atoms with Gasteiger partial charge in [0.05, 0.1) is 5.69 Å². The Morgan fingerprint density at radius 1 is 1.39 bits per heavy atom. The number of aryl methyl sites for hydroxylation is 1. The van der Waals surface area contributed by atoms with Crippen LogP contribution in [0.2, 0.25) is 0 Å². The summed E-state index contributed by atoms with van der Waals surface area (Å²) in [5, 5.41) is 7.71. The number of benzene rings is 1. The number of amidine groups is 1. The van der Waals surface area contributed by atoms with Crippen LogP contribution in [0.1, 0.15) is 24.0 Å². The van der Waals surface area contributed by atoms with E-state index in [9.17, 15) is 0 Å². The van der Waals surface area contributed by atoms with E-state index < -0.39 is 0 Å². The number of hydrogen-bond acceptors (Lipinski definition) is 3. The normalized spacial score (nSPS) is 16.6. The van der Waals surface area contributed by atoms with Gasteiger partial charge in [0, 0.05) is 31.9 Å². The standard InChI is InChI=1S/C14H21N3O/c1-10-4-3-5-12(14(15)16)13(10)17(2)11-6-8-18-9-7-11/h3-5,11H,6-9H2,1-2H3,(H3,15,16). The number of anilines is 1. The lowest BCUT2D eigenvalue weighted by atomic mass is 10.0. The Hall–Kier alpha value is -1.55. The van der Waals surface area contributed by atoms with Gasteiger partial charge in [-0.15, -0.1) is 0 Å². The summed E-state index contributed by atoms with van der Waals surface area (Å²) in [5.74, 6) is 0.132. The van der Waals surface area contributed by atoms with E-state index in [4.69, 9.17) is 15.9 Å². The predicted octanol–water partition coefficient (Wildman–Crippen LogP) is 1.89. The van der Waals surface area contributed by atoms with Crippen LogP contribution in [-0.4, -0.2) is 32.1 Å². The Bertz CT molecular complexity index is 439. The van der Waals surface area contributed by atoms with E-state index in [1.165, 1.54) is 0 Å². The third kappa shape index (κ3) is 2.48. The second-order valence-electron chi connectivity index (χ2n) is 4.84. The molecule has 1 saturated heterocycles. The highest BCUT2D eigenvalue weighted by molar-refractivity contribution is 6.01. The number of hydrogen-bond donors (Lipinski definition) is 2. The molecule has 0 atom stereocenters. The summed E-state index contributed by atoms with van der Waals surface area (Å²) < 4.78 is 5.40. The average molecular weight is 247 g/mol. The van der Waals surface area contributed by atoms with E-state index >= 15 is 0 Å². The molecule has 0 aromatic heterocycles. The van der Waals surface area contributed by atoms with Gasteiger partial charge in [0.25, 0.3) is 0 Å². The van der Waals surface area contributed by atoms with Crippen LogP contribution in [0, 0.1) is 12.3 Å². The summed E-state index contributed by atoms with van der Waals surface area (Å²) in [7, 11) is 2.09. The molecule has 1 heterocycles. The van der Waals surface area contributed by atoms with Crippen molar-refractivity contribution >= 4 is 11.5 Å². The van der Waals surface area contributed by atoms with Crippen LogP contribution in [0.5, 0.6) is 0 Å². The van der Waals surface area contributed by atoms with E-state index in [0.29, 0.717) is 6.04 Å². The molecule has 0 unspecified atom stereocenters. The Morgan fingerprint density at radius 2 is 2.06 bits per heavy atom. The zero-order valence-electron chi connectivity index (χ0n) is 11.1. The van der Waals surface area contributed by atoms with Gasteiger partial charge >= 0.3 is 0 Å². The maximum Gasteiger partial charge on any atom is 0.124 e. The predicted molar refractivity (Wildman–Crippen MR) is 74.4 cm³/mol. The van der Waals surface area contributed by atoms with Crippen LogP contribution in [0.25, 0.3) is 0 Å². The van der Waals surface area contributed by atoms with Crippen LogP contribution >= 0.6 is 0 Å². The molecule has 1 aromatic carbocycles. The summed E-state index contributed by atoms with van der Waals surface area (Å²) in [6.07, 6.45) is 2.06. The summed E-state index contributed by atoms with van der Waals surface area (Å²) >= 11 is 0. The monoisotopic (exact) mass is 247 g/mol. The topological polar surface area (TPSA) is 62.3 Å². The molecule has 4 nitrogen and oxygen atoms in total. The van der Waals surface area contributed by atoms with E-state index in [1.54, 1.807) is 0 Å². The minimum atomic E-state index is 0.132. The molecule has 1 fully saturated rings. The molecule has 1 aliphatic heterocycles. The Labute approximate surface area is 108 Å². The smallest absolute Gasteiger partial charge is 0.124 e. The number of nitrogens with zero attached hydrogens (tertiary/aromatic N) is 1. The SMILES string of the molecule is Cc1cccc(C(=N)N)c1N(C)C1CCOCC1. The molecule has 0 radical (unpaired) electrons. The first-order valence-electron chi connectivity index (χ1n) is 6.36. The van der Waals surface area contributed by atoms with Crippen molar-refractivity contribution < 1.29 is 4.74 Å².